The molecule has 0 saturated heterocycles. The highest BCUT2D eigenvalue weighted by Crippen LogP contribution is 2.31. The summed E-state index contributed by atoms with van der Waals surface area (Å²) in [6, 6.07) is 13.1. The second-order valence-corrected chi connectivity index (χ2v) is 8.42. The lowest BCUT2D eigenvalue weighted by Gasteiger charge is -2.17. The molecule has 30 heavy (non-hydrogen) atoms. The van der Waals surface area contributed by atoms with Crippen LogP contribution in [0.3, 0.4) is 0 Å². The highest BCUT2D eigenvalue weighted by Gasteiger charge is 2.21. The van der Waals surface area contributed by atoms with E-state index in [9.17, 15) is 9.59 Å². The van der Waals surface area contributed by atoms with Gasteiger partial charge >= 0.3 is 0 Å². The van der Waals surface area contributed by atoms with Gasteiger partial charge in [0.1, 0.15) is 10.9 Å². The van der Waals surface area contributed by atoms with E-state index in [2.05, 4.69) is 10.3 Å². The van der Waals surface area contributed by atoms with Crippen LogP contribution in [0, 0.1) is 20.8 Å². The van der Waals surface area contributed by atoms with Crippen LogP contribution in [0.4, 0.5) is 5.69 Å². The first-order valence-electron chi connectivity index (χ1n) is 9.79. The number of rotatable bonds is 4. The van der Waals surface area contributed by atoms with E-state index in [0.717, 1.165) is 33.5 Å². The predicted octanol–water partition coefficient (Wildman–Crippen LogP) is 5.25. The van der Waals surface area contributed by atoms with Crippen LogP contribution < -0.4 is 10.9 Å². The molecule has 0 unspecified atom stereocenters. The lowest BCUT2D eigenvalue weighted by molar-refractivity contribution is -0.118. The SMILES string of the molecule is Cc1ccc(-c2csc3ncn([C@H](C)C(=O)Nc4cccc(C)c4C)c(=O)c23)cc1. The van der Waals surface area contributed by atoms with E-state index >= 15 is 0 Å². The average molecular weight is 418 g/mol. The molecular weight excluding hydrogens is 394 g/mol. The second kappa shape index (κ2) is 7.88. The van der Waals surface area contributed by atoms with Crippen molar-refractivity contribution >= 4 is 33.1 Å². The summed E-state index contributed by atoms with van der Waals surface area (Å²) in [5.74, 6) is -0.251. The van der Waals surface area contributed by atoms with Gasteiger partial charge in [0, 0.05) is 16.6 Å². The molecule has 5 nitrogen and oxygen atoms in total. The molecule has 4 rings (SSSR count). The van der Waals surface area contributed by atoms with Gasteiger partial charge in [-0.25, -0.2) is 4.98 Å². The molecule has 4 aromatic rings. The van der Waals surface area contributed by atoms with Gasteiger partial charge in [0.2, 0.25) is 5.91 Å². The fraction of sp³-hybridized carbons (Fsp3) is 0.208. The number of aromatic nitrogens is 2. The lowest BCUT2D eigenvalue weighted by Crippen LogP contribution is -2.32. The molecule has 1 N–H and O–H groups in total. The maximum atomic E-state index is 13.3. The number of carbonyl (C=O) groups is 1. The number of aryl methyl sites for hydroxylation is 2. The molecule has 0 aliphatic heterocycles. The minimum absolute atomic E-state index is 0.208. The number of carbonyl (C=O) groups excluding carboxylic acids is 1. The Morgan fingerprint density at radius 1 is 1.10 bits per heavy atom. The normalized spacial score (nSPS) is 12.1. The molecule has 0 aliphatic carbocycles. The molecule has 1 atom stereocenters. The smallest absolute Gasteiger partial charge is 0.263 e. The van der Waals surface area contributed by atoms with Crippen molar-refractivity contribution in [3.05, 3.63) is 81.2 Å². The quantitative estimate of drug-likeness (QED) is 0.493. The van der Waals surface area contributed by atoms with E-state index in [4.69, 9.17) is 0 Å². The average Bonchev–Trinajstić information content (AvgIpc) is 3.17. The lowest BCUT2D eigenvalue weighted by atomic mass is 10.0. The summed E-state index contributed by atoms with van der Waals surface area (Å²) in [6.45, 7) is 7.71. The standard InChI is InChI=1S/C24H23N3O2S/c1-14-8-10-18(11-9-14)19-12-30-23-21(19)24(29)27(13-25-23)17(4)22(28)26-20-7-5-6-15(2)16(20)3/h5-13,17H,1-4H3,(H,26,28)/t17-/m1/s1. The van der Waals surface area contributed by atoms with Gasteiger partial charge < -0.3 is 5.32 Å². The van der Waals surface area contributed by atoms with Gasteiger partial charge in [0.05, 0.1) is 11.7 Å². The predicted molar refractivity (Wildman–Crippen MR) is 123 cm³/mol. The van der Waals surface area contributed by atoms with E-state index in [1.807, 2.05) is 68.6 Å². The summed E-state index contributed by atoms with van der Waals surface area (Å²) in [4.78, 5) is 31.3. The van der Waals surface area contributed by atoms with E-state index in [-0.39, 0.29) is 11.5 Å². The molecule has 6 heteroatoms. The van der Waals surface area contributed by atoms with E-state index in [1.54, 1.807) is 6.92 Å². The summed E-state index contributed by atoms with van der Waals surface area (Å²) < 4.78 is 1.41. The summed E-state index contributed by atoms with van der Waals surface area (Å²) >= 11 is 1.44. The largest absolute Gasteiger partial charge is 0.324 e. The molecule has 152 valence electrons. The topological polar surface area (TPSA) is 64.0 Å². The van der Waals surface area contributed by atoms with Crippen molar-refractivity contribution in [3.8, 4) is 11.1 Å². The van der Waals surface area contributed by atoms with Crippen LogP contribution in [0.1, 0.15) is 29.7 Å². The molecule has 2 aromatic heterocycles. The molecule has 0 aliphatic rings. The van der Waals surface area contributed by atoms with Gasteiger partial charge in [-0.2, -0.15) is 0 Å². The van der Waals surface area contributed by atoms with Gasteiger partial charge in [-0.05, 0) is 50.5 Å². The van der Waals surface area contributed by atoms with Crippen LogP contribution in [-0.4, -0.2) is 15.5 Å². The van der Waals surface area contributed by atoms with Crippen molar-refractivity contribution in [1.82, 2.24) is 9.55 Å². The molecule has 0 bridgehead atoms. The van der Waals surface area contributed by atoms with Crippen molar-refractivity contribution in [2.75, 3.05) is 5.32 Å². The van der Waals surface area contributed by atoms with Crippen LogP contribution in [0.15, 0.2) is 59.0 Å². The van der Waals surface area contributed by atoms with Crippen LogP contribution in [0.2, 0.25) is 0 Å². The Kier molecular flexibility index (Phi) is 5.26. The Bertz CT molecular complexity index is 1300. The molecule has 2 heterocycles. The number of fused-ring (bicyclic) bond motifs is 1. The van der Waals surface area contributed by atoms with Gasteiger partial charge in [0.15, 0.2) is 0 Å². The highest BCUT2D eigenvalue weighted by molar-refractivity contribution is 7.17. The van der Waals surface area contributed by atoms with Crippen molar-refractivity contribution in [3.63, 3.8) is 0 Å². The first-order valence-corrected chi connectivity index (χ1v) is 10.7. The zero-order valence-electron chi connectivity index (χ0n) is 17.4. The fourth-order valence-corrected chi connectivity index (χ4v) is 4.32. The van der Waals surface area contributed by atoms with Gasteiger partial charge in [-0.15, -0.1) is 11.3 Å². The number of amides is 1. The van der Waals surface area contributed by atoms with E-state index in [0.29, 0.717) is 10.2 Å². The summed E-state index contributed by atoms with van der Waals surface area (Å²) in [5, 5.41) is 5.45. The second-order valence-electron chi connectivity index (χ2n) is 7.57. The third-order valence-electron chi connectivity index (χ3n) is 5.54. The zero-order chi connectivity index (χ0) is 21.4. The Balaban J connectivity index is 1.72. The van der Waals surface area contributed by atoms with Crippen LogP contribution >= 0.6 is 11.3 Å². The first-order chi connectivity index (χ1) is 14.4. The molecule has 0 radical (unpaired) electrons. The summed E-state index contributed by atoms with van der Waals surface area (Å²) in [6.07, 6.45) is 1.47. The minimum atomic E-state index is -0.694. The maximum Gasteiger partial charge on any atom is 0.263 e. The third kappa shape index (κ3) is 3.55. The maximum absolute atomic E-state index is 13.3. The van der Waals surface area contributed by atoms with Gasteiger partial charge in [0.25, 0.3) is 5.56 Å². The van der Waals surface area contributed by atoms with Crippen molar-refractivity contribution in [1.29, 1.82) is 0 Å². The fourth-order valence-electron chi connectivity index (χ4n) is 3.42. The Morgan fingerprint density at radius 3 is 2.57 bits per heavy atom. The van der Waals surface area contributed by atoms with Crippen LogP contribution in [-0.2, 0) is 4.79 Å². The molecular formula is C24H23N3O2S. The van der Waals surface area contributed by atoms with Crippen molar-refractivity contribution < 1.29 is 4.79 Å². The molecule has 0 fully saturated rings. The monoisotopic (exact) mass is 417 g/mol. The summed E-state index contributed by atoms with van der Waals surface area (Å²) in [7, 11) is 0. The Morgan fingerprint density at radius 2 is 1.83 bits per heavy atom. The van der Waals surface area contributed by atoms with Gasteiger partial charge in [-0.3, -0.25) is 14.2 Å². The number of hydrogen-bond acceptors (Lipinski definition) is 4. The molecule has 0 saturated carbocycles. The van der Waals surface area contributed by atoms with Crippen molar-refractivity contribution in [2.24, 2.45) is 0 Å². The first kappa shape index (κ1) is 20.0. The molecule has 0 spiro atoms. The number of benzene rings is 2. The van der Waals surface area contributed by atoms with Crippen LogP contribution in [0.5, 0.6) is 0 Å². The zero-order valence-corrected chi connectivity index (χ0v) is 18.2. The Hall–Kier alpha value is -3.25. The Labute approximate surface area is 179 Å². The summed E-state index contributed by atoms with van der Waals surface area (Å²) in [5.41, 5.74) is 5.64. The third-order valence-corrected chi connectivity index (χ3v) is 6.43. The van der Waals surface area contributed by atoms with Crippen LogP contribution in [0.25, 0.3) is 21.3 Å². The van der Waals surface area contributed by atoms with Crippen molar-refractivity contribution in [2.45, 2.75) is 33.7 Å². The number of nitrogens with one attached hydrogen (secondary N) is 1. The highest BCUT2D eigenvalue weighted by atomic mass is 32.1. The minimum Gasteiger partial charge on any atom is -0.324 e. The van der Waals surface area contributed by atoms with Gasteiger partial charge in [-0.1, -0.05) is 42.0 Å². The van der Waals surface area contributed by atoms with E-state index in [1.165, 1.54) is 22.2 Å². The molecule has 1 amide bonds. The number of thiophene rings is 1. The number of nitrogens with zero attached hydrogens (tertiary/aromatic N) is 2. The molecule has 2 aromatic carbocycles. The number of hydrogen-bond donors (Lipinski definition) is 1. The number of anilines is 1. The van der Waals surface area contributed by atoms with E-state index < -0.39 is 6.04 Å².